The molecule has 1 N–H and O–H groups in total. The number of aromatic nitrogens is 2. The van der Waals surface area contributed by atoms with Gasteiger partial charge in [0.1, 0.15) is 16.9 Å². The fraction of sp³-hybridized carbons (Fsp3) is 0.471. The lowest BCUT2D eigenvalue weighted by Gasteiger charge is -2.34. The summed E-state index contributed by atoms with van der Waals surface area (Å²) in [4.78, 5) is 15.0. The summed E-state index contributed by atoms with van der Waals surface area (Å²) >= 11 is 1.31. The van der Waals surface area contributed by atoms with Crippen LogP contribution in [-0.2, 0) is 4.79 Å². The first kappa shape index (κ1) is 19.2. The Bertz CT molecular complexity index is 924. The van der Waals surface area contributed by atoms with Crippen LogP contribution in [-0.4, -0.2) is 35.0 Å². The van der Waals surface area contributed by atoms with E-state index in [4.69, 9.17) is 0 Å². The molecule has 10 heteroatoms. The number of thiophene rings is 1. The Labute approximate surface area is 158 Å². The second-order valence-corrected chi connectivity index (χ2v) is 7.73. The Kier molecular flexibility index (Phi) is 4.90. The predicted octanol–water partition coefficient (Wildman–Crippen LogP) is 3.69. The lowest BCUT2D eigenvalue weighted by atomic mass is 10.1. The molecule has 0 fully saturated rings. The number of carbonyl (C=O) groups is 1. The van der Waals surface area contributed by atoms with Crippen molar-refractivity contribution in [3.8, 4) is 6.07 Å². The third-order valence-electron chi connectivity index (χ3n) is 4.59. The molecule has 27 heavy (non-hydrogen) atoms. The third kappa shape index (κ3) is 3.64. The highest BCUT2D eigenvalue weighted by atomic mass is 32.1. The highest BCUT2D eigenvalue weighted by molar-refractivity contribution is 7.16. The molecule has 1 aliphatic heterocycles. The van der Waals surface area contributed by atoms with Crippen molar-refractivity contribution in [1.82, 2.24) is 9.78 Å². The van der Waals surface area contributed by atoms with Crippen molar-refractivity contribution in [1.29, 1.82) is 5.26 Å². The Morgan fingerprint density at radius 2 is 2.15 bits per heavy atom. The number of alkyl halides is 3. The van der Waals surface area contributed by atoms with Gasteiger partial charge in [0.15, 0.2) is 6.04 Å². The number of hydrogen-bond donors (Lipinski definition) is 1. The summed E-state index contributed by atoms with van der Waals surface area (Å²) in [5.41, 5.74) is 1.70. The fourth-order valence-electron chi connectivity index (χ4n) is 3.14. The Balaban J connectivity index is 1.79. The van der Waals surface area contributed by atoms with Crippen LogP contribution >= 0.6 is 11.3 Å². The minimum Gasteiger partial charge on any atom is -0.347 e. The number of nitrogens with zero attached hydrogens (tertiary/aromatic N) is 4. The Morgan fingerprint density at radius 3 is 2.78 bits per heavy atom. The van der Waals surface area contributed by atoms with Crippen LogP contribution in [0, 0.1) is 32.1 Å². The molecular formula is C17H18F3N5OS. The largest absolute Gasteiger partial charge is 0.410 e. The zero-order valence-corrected chi connectivity index (χ0v) is 15.8. The van der Waals surface area contributed by atoms with Crippen LogP contribution in [0.2, 0.25) is 0 Å². The molecule has 0 saturated heterocycles. The zero-order chi connectivity index (χ0) is 19.9. The van der Waals surface area contributed by atoms with Crippen molar-refractivity contribution in [2.75, 3.05) is 23.3 Å². The number of amides is 1. The maximum atomic E-state index is 13.2. The number of nitrogens with one attached hydrogen (secondary N) is 1. The van der Waals surface area contributed by atoms with E-state index in [1.165, 1.54) is 11.3 Å². The van der Waals surface area contributed by atoms with E-state index in [0.29, 0.717) is 16.3 Å². The Morgan fingerprint density at radius 1 is 1.44 bits per heavy atom. The predicted molar refractivity (Wildman–Crippen MR) is 96.0 cm³/mol. The standard InChI is InChI=1S/C17H18F3N5OS/c1-9-6-15-24(5-4-13(17(18,19)20)25(15)23-9)8-14(26)22-16-12(7-21)10(2)11(3)27-16/h6,13H,4-5,8H2,1-3H3,(H,22,26)/t13-/m1/s1. The first-order chi connectivity index (χ1) is 12.6. The maximum Gasteiger partial charge on any atom is 0.410 e. The second-order valence-electron chi connectivity index (χ2n) is 6.50. The molecule has 0 saturated carbocycles. The molecule has 6 nitrogen and oxygen atoms in total. The minimum absolute atomic E-state index is 0.0936. The van der Waals surface area contributed by atoms with E-state index < -0.39 is 12.2 Å². The molecule has 0 aromatic carbocycles. The molecule has 0 spiro atoms. The van der Waals surface area contributed by atoms with Crippen LogP contribution in [0.15, 0.2) is 6.07 Å². The molecule has 0 bridgehead atoms. The van der Waals surface area contributed by atoms with Crippen molar-refractivity contribution in [2.24, 2.45) is 0 Å². The van der Waals surface area contributed by atoms with Crippen molar-refractivity contribution >= 4 is 28.1 Å². The van der Waals surface area contributed by atoms with Crippen LogP contribution < -0.4 is 10.2 Å². The molecule has 0 unspecified atom stereocenters. The first-order valence-corrected chi connectivity index (χ1v) is 9.11. The van der Waals surface area contributed by atoms with Gasteiger partial charge in [0.25, 0.3) is 0 Å². The fourth-order valence-corrected chi connectivity index (χ4v) is 4.16. The van der Waals surface area contributed by atoms with Gasteiger partial charge in [0.2, 0.25) is 5.91 Å². The number of rotatable bonds is 3. The van der Waals surface area contributed by atoms with Gasteiger partial charge in [-0.1, -0.05) is 0 Å². The molecule has 2 aromatic heterocycles. The topological polar surface area (TPSA) is 74.0 Å². The van der Waals surface area contributed by atoms with E-state index in [9.17, 15) is 23.2 Å². The number of carbonyl (C=O) groups excluding carboxylic acids is 1. The molecule has 1 atom stereocenters. The van der Waals surface area contributed by atoms with E-state index in [0.717, 1.165) is 15.1 Å². The van der Waals surface area contributed by atoms with Gasteiger partial charge < -0.3 is 10.2 Å². The minimum atomic E-state index is -4.39. The molecule has 0 aliphatic carbocycles. The van der Waals surface area contributed by atoms with Crippen LogP contribution in [0.5, 0.6) is 0 Å². The van der Waals surface area contributed by atoms with Gasteiger partial charge in [0, 0.05) is 17.5 Å². The Hall–Kier alpha value is -2.54. The molecule has 0 radical (unpaired) electrons. The molecule has 3 rings (SSSR count). The molecule has 1 amide bonds. The average molecular weight is 397 g/mol. The number of anilines is 2. The van der Waals surface area contributed by atoms with Gasteiger partial charge in [0.05, 0.1) is 17.8 Å². The van der Waals surface area contributed by atoms with E-state index in [1.54, 1.807) is 17.9 Å². The van der Waals surface area contributed by atoms with Gasteiger partial charge in [-0.2, -0.15) is 23.5 Å². The number of halogens is 3. The highest BCUT2D eigenvalue weighted by Gasteiger charge is 2.45. The number of aryl methyl sites for hydroxylation is 2. The summed E-state index contributed by atoms with van der Waals surface area (Å²) in [6, 6.07) is 1.94. The SMILES string of the molecule is Cc1cc2n(n1)[C@@H](C(F)(F)F)CCN2CC(=O)Nc1sc(C)c(C)c1C#N. The van der Waals surface area contributed by atoms with Crippen molar-refractivity contribution in [3.05, 3.63) is 27.8 Å². The van der Waals surface area contributed by atoms with Crippen molar-refractivity contribution in [3.63, 3.8) is 0 Å². The van der Waals surface area contributed by atoms with E-state index >= 15 is 0 Å². The van der Waals surface area contributed by atoms with Gasteiger partial charge in [-0.05, 0) is 32.8 Å². The zero-order valence-electron chi connectivity index (χ0n) is 15.0. The van der Waals surface area contributed by atoms with Crippen LogP contribution in [0.3, 0.4) is 0 Å². The number of fused-ring (bicyclic) bond motifs is 1. The summed E-state index contributed by atoms with van der Waals surface area (Å²) < 4.78 is 40.7. The van der Waals surface area contributed by atoms with E-state index in [1.807, 2.05) is 13.8 Å². The third-order valence-corrected chi connectivity index (χ3v) is 5.71. The van der Waals surface area contributed by atoms with Crippen LogP contribution in [0.25, 0.3) is 0 Å². The molecule has 3 heterocycles. The first-order valence-electron chi connectivity index (χ1n) is 8.29. The summed E-state index contributed by atoms with van der Waals surface area (Å²) in [6.45, 7) is 5.27. The van der Waals surface area contributed by atoms with E-state index in [2.05, 4.69) is 16.5 Å². The van der Waals surface area contributed by atoms with Crippen molar-refractivity contribution in [2.45, 2.75) is 39.4 Å². The van der Waals surface area contributed by atoms with Crippen molar-refractivity contribution < 1.29 is 18.0 Å². The smallest absolute Gasteiger partial charge is 0.347 e. The lowest BCUT2D eigenvalue weighted by molar-refractivity contribution is -0.172. The summed E-state index contributed by atoms with van der Waals surface area (Å²) in [7, 11) is 0. The molecule has 1 aliphatic rings. The van der Waals surface area contributed by atoms with Gasteiger partial charge >= 0.3 is 6.18 Å². The summed E-state index contributed by atoms with van der Waals surface area (Å²) in [6.07, 6.45) is -4.57. The number of hydrogen-bond acceptors (Lipinski definition) is 5. The van der Waals surface area contributed by atoms with Gasteiger partial charge in [-0.15, -0.1) is 11.3 Å². The number of nitriles is 1. The normalized spacial score (nSPS) is 16.8. The van der Waals surface area contributed by atoms with Gasteiger partial charge in [-0.25, -0.2) is 4.68 Å². The summed E-state index contributed by atoms with van der Waals surface area (Å²) in [5, 5.41) is 16.4. The average Bonchev–Trinajstić information content (AvgIpc) is 3.06. The molecular weight excluding hydrogens is 379 g/mol. The maximum absolute atomic E-state index is 13.2. The van der Waals surface area contributed by atoms with E-state index in [-0.39, 0.29) is 31.2 Å². The lowest BCUT2D eigenvalue weighted by Crippen LogP contribution is -2.43. The molecule has 2 aromatic rings. The molecule has 144 valence electrons. The summed E-state index contributed by atoms with van der Waals surface area (Å²) in [5.74, 6) is -0.112. The van der Waals surface area contributed by atoms with Crippen LogP contribution in [0.4, 0.5) is 24.0 Å². The quantitative estimate of drug-likeness (QED) is 0.857. The monoisotopic (exact) mass is 397 g/mol. The highest BCUT2D eigenvalue weighted by Crippen LogP contribution is 2.39. The second kappa shape index (κ2) is 6.88. The van der Waals surface area contributed by atoms with Crippen LogP contribution in [0.1, 0.15) is 34.2 Å². The van der Waals surface area contributed by atoms with Gasteiger partial charge in [-0.3, -0.25) is 4.79 Å².